The Morgan fingerprint density at radius 1 is 1.26 bits per heavy atom. The van der Waals surface area contributed by atoms with E-state index in [-0.39, 0.29) is 11.7 Å². The van der Waals surface area contributed by atoms with Gasteiger partial charge in [-0.25, -0.2) is 4.39 Å². The van der Waals surface area contributed by atoms with E-state index in [1.54, 1.807) is 19.2 Å². The molecule has 2 nitrogen and oxygen atoms in total. The monoisotopic (exact) mass is 267 g/mol. The van der Waals surface area contributed by atoms with Gasteiger partial charge >= 0.3 is 0 Å². The van der Waals surface area contributed by atoms with Gasteiger partial charge in [-0.1, -0.05) is 31.5 Å². The molecular formula is C16H26FNO. The molecule has 0 aliphatic heterocycles. The lowest BCUT2D eigenvalue weighted by Crippen LogP contribution is -2.23. The van der Waals surface area contributed by atoms with Crippen LogP contribution in [0.25, 0.3) is 0 Å². The second-order valence-corrected chi connectivity index (χ2v) is 4.91. The van der Waals surface area contributed by atoms with Gasteiger partial charge in [0.05, 0.1) is 0 Å². The van der Waals surface area contributed by atoms with Crippen LogP contribution in [0.5, 0.6) is 0 Å². The summed E-state index contributed by atoms with van der Waals surface area (Å²) in [4.78, 5) is 0. The molecule has 0 heterocycles. The quantitative estimate of drug-likeness (QED) is 0.652. The van der Waals surface area contributed by atoms with Crippen LogP contribution >= 0.6 is 0 Å². The minimum absolute atomic E-state index is 0.0856. The highest BCUT2D eigenvalue weighted by atomic mass is 19.1. The third kappa shape index (κ3) is 6.17. The molecule has 1 aromatic rings. The van der Waals surface area contributed by atoms with Gasteiger partial charge in [0, 0.05) is 20.3 Å². The third-order valence-electron chi connectivity index (χ3n) is 3.31. The minimum atomic E-state index is -0.0856. The number of rotatable bonds is 10. The molecular weight excluding hydrogens is 241 g/mol. The zero-order valence-corrected chi connectivity index (χ0v) is 12.1. The summed E-state index contributed by atoms with van der Waals surface area (Å²) in [6.07, 6.45) is 4.21. The van der Waals surface area contributed by atoms with Gasteiger partial charge in [0.1, 0.15) is 5.82 Å². The Morgan fingerprint density at radius 3 is 2.74 bits per heavy atom. The number of nitrogens with one attached hydrogen (secondary N) is 1. The molecule has 1 N–H and O–H groups in total. The molecule has 1 aromatic carbocycles. The van der Waals surface area contributed by atoms with Gasteiger partial charge in [-0.05, 0) is 43.4 Å². The fraction of sp³-hybridized carbons (Fsp3) is 0.625. The number of unbranched alkanes of at least 4 members (excludes halogenated alkanes) is 1. The smallest absolute Gasteiger partial charge is 0.126 e. The maximum atomic E-state index is 13.9. The first kappa shape index (κ1) is 16.1. The van der Waals surface area contributed by atoms with Gasteiger partial charge in [0.25, 0.3) is 0 Å². The fourth-order valence-corrected chi connectivity index (χ4v) is 2.26. The molecule has 0 saturated heterocycles. The standard InChI is InChI=1S/C16H26FNO/c1-3-11-18-13-14(8-6-7-12-19-2)15-9-4-5-10-16(15)17/h4-5,9-10,14,18H,3,6-8,11-13H2,1-2H3. The van der Waals surface area contributed by atoms with Crippen LogP contribution in [0.2, 0.25) is 0 Å². The lowest BCUT2D eigenvalue weighted by molar-refractivity contribution is 0.191. The van der Waals surface area contributed by atoms with Crippen LogP contribution < -0.4 is 5.32 Å². The number of hydrogen-bond donors (Lipinski definition) is 1. The molecule has 0 radical (unpaired) electrons. The molecule has 0 amide bonds. The average molecular weight is 267 g/mol. The Kier molecular flexibility index (Phi) is 8.43. The summed E-state index contributed by atoms with van der Waals surface area (Å²) in [7, 11) is 1.72. The number of ether oxygens (including phenoxy) is 1. The predicted molar refractivity (Wildman–Crippen MR) is 78.0 cm³/mol. The van der Waals surface area contributed by atoms with E-state index in [1.165, 1.54) is 0 Å². The third-order valence-corrected chi connectivity index (χ3v) is 3.31. The number of benzene rings is 1. The van der Waals surface area contributed by atoms with Crippen molar-refractivity contribution in [2.45, 2.75) is 38.5 Å². The molecule has 3 heteroatoms. The largest absolute Gasteiger partial charge is 0.385 e. The van der Waals surface area contributed by atoms with E-state index < -0.39 is 0 Å². The molecule has 0 bridgehead atoms. The molecule has 1 atom stereocenters. The van der Waals surface area contributed by atoms with Crippen LogP contribution in [0.15, 0.2) is 24.3 Å². The Labute approximate surface area is 116 Å². The Balaban J connectivity index is 2.55. The summed E-state index contributed by atoms with van der Waals surface area (Å²) in [5, 5.41) is 3.40. The molecule has 0 aliphatic rings. The van der Waals surface area contributed by atoms with E-state index in [4.69, 9.17) is 4.74 Å². The summed E-state index contributed by atoms with van der Waals surface area (Å²) in [6.45, 7) is 4.76. The maximum Gasteiger partial charge on any atom is 0.126 e. The first-order valence-electron chi connectivity index (χ1n) is 7.23. The molecule has 19 heavy (non-hydrogen) atoms. The summed E-state index contributed by atoms with van der Waals surface area (Å²) in [5.74, 6) is 0.169. The van der Waals surface area contributed by atoms with Crippen molar-refractivity contribution in [1.82, 2.24) is 5.32 Å². The van der Waals surface area contributed by atoms with Gasteiger partial charge in [-0.15, -0.1) is 0 Å². The second kappa shape index (κ2) is 9.93. The van der Waals surface area contributed by atoms with Crippen molar-refractivity contribution in [3.8, 4) is 0 Å². The van der Waals surface area contributed by atoms with Crippen molar-refractivity contribution in [3.05, 3.63) is 35.6 Å². The van der Waals surface area contributed by atoms with E-state index in [0.29, 0.717) is 0 Å². The molecule has 108 valence electrons. The predicted octanol–water partition coefficient (Wildman–Crippen LogP) is 3.73. The summed E-state index contributed by atoms with van der Waals surface area (Å²) in [5.41, 5.74) is 0.837. The molecule has 1 rings (SSSR count). The molecule has 0 saturated carbocycles. The van der Waals surface area contributed by atoms with Gasteiger partial charge in [0.2, 0.25) is 0 Å². The van der Waals surface area contributed by atoms with Crippen molar-refractivity contribution in [3.63, 3.8) is 0 Å². The maximum absolute atomic E-state index is 13.9. The van der Waals surface area contributed by atoms with E-state index in [2.05, 4.69) is 12.2 Å². The lowest BCUT2D eigenvalue weighted by atomic mass is 9.93. The van der Waals surface area contributed by atoms with Crippen LogP contribution in [0.4, 0.5) is 4.39 Å². The topological polar surface area (TPSA) is 21.3 Å². The first-order chi connectivity index (χ1) is 9.29. The van der Waals surface area contributed by atoms with Crippen molar-refractivity contribution in [2.75, 3.05) is 26.8 Å². The molecule has 0 spiro atoms. The minimum Gasteiger partial charge on any atom is -0.385 e. The fourth-order valence-electron chi connectivity index (χ4n) is 2.26. The van der Waals surface area contributed by atoms with Crippen LogP contribution in [-0.2, 0) is 4.74 Å². The highest BCUT2D eigenvalue weighted by molar-refractivity contribution is 5.22. The normalized spacial score (nSPS) is 12.6. The summed E-state index contributed by atoms with van der Waals surface area (Å²) in [6, 6.07) is 7.13. The number of hydrogen-bond acceptors (Lipinski definition) is 2. The van der Waals surface area contributed by atoms with Crippen molar-refractivity contribution >= 4 is 0 Å². The Hall–Kier alpha value is -0.930. The van der Waals surface area contributed by atoms with Crippen molar-refractivity contribution in [1.29, 1.82) is 0 Å². The second-order valence-electron chi connectivity index (χ2n) is 4.91. The van der Waals surface area contributed by atoms with E-state index in [1.807, 2.05) is 12.1 Å². The van der Waals surface area contributed by atoms with Crippen LogP contribution in [0.3, 0.4) is 0 Å². The average Bonchev–Trinajstić information content (AvgIpc) is 2.42. The number of halogens is 1. The van der Waals surface area contributed by atoms with Crippen molar-refractivity contribution in [2.24, 2.45) is 0 Å². The zero-order valence-electron chi connectivity index (χ0n) is 12.1. The van der Waals surface area contributed by atoms with E-state index >= 15 is 0 Å². The van der Waals surface area contributed by atoms with Crippen LogP contribution in [0, 0.1) is 5.82 Å². The molecule has 0 fully saturated rings. The van der Waals surface area contributed by atoms with Gasteiger partial charge < -0.3 is 10.1 Å². The molecule has 1 unspecified atom stereocenters. The zero-order chi connectivity index (χ0) is 13.9. The van der Waals surface area contributed by atoms with Crippen LogP contribution in [0.1, 0.15) is 44.1 Å². The van der Waals surface area contributed by atoms with Gasteiger partial charge in [0.15, 0.2) is 0 Å². The van der Waals surface area contributed by atoms with Gasteiger partial charge in [-0.3, -0.25) is 0 Å². The van der Waals surface area contributed by atoms with Crippen LogP contribution in [-0.4, -0.2) is 26.8 Å². The number of methoxy groups -OCH3 is 1. The van der Waals surface area contributed by atoms with E-state index in [9.17, 15) is 4.39 Å². The summed E-state index contributed by atoms with van der Waals surface area (Å²) < 4.78 is 18.9. The Morgan fingerprint density at radius 2 is 2.05 bits per heavy atom. The SMILES string of the molecule is CCCNCC(CCCCOC)c1ccccc1F. The molecule has 0 aromatic heterocycles. The lowest BCUT2D eigenvalue weighted by Gasteiger charge is -2.18. The van der Waals surface area contributed by atoms with E-state index in [0.717, 1.165) is 50.9 Å². The first-order valence-corrected chi connectivity index (χ1v) is 7.23. The highest BCUT2D eigenvalue weighted by Gasteiger charge is 2.14. The highest BCUT2D eigenvalue weighted by Crippen LogP contribution is 2.24. The summed E-state index contributed by atoms with van der Waals surface area (Å²) >= 11 is 0. The van der Waals surface area contributed by atoms with Crippen molar-refractivity contribution < 1.29 is 9.13 Å². The Bertz CT molecular complexity index is 343. The molecule has 0 aliphatic carbocycles. The van der Waals surface area contributed by atoms with Gasteiger partial charge in [-0.2, -0.15) is 0 Å².